The Morgan fingerprint density at radius 1 is 0.882 bits per heavy atom. The van der Waals surface area contributed by atoms with Gasteiger partial charge in [0, 0.05) is 64.2 Å². The number of hydrogen-bond donors (Lipinski definition) is 1. The van der Waals surface area contributed by atoms with Gasteiger partial charge in [-0.05, 0) is 42.0 Å². The SMILES string of the molecule is CN(C)c1ccc(C(CNS(=O)(=O)c2ccccc2Cl)N2CCN(c3ccccc3)CC2)cc1. The quantitative estimate of drug-likeness (QED) is 0.503. The van der Waals surface area contributed by atoms with Crippen LogP contribution in [0.2, 0.25) is 5.02 Å². The Morgan fingerprint density at radius 2 is 1.50 bits per heavy atom. The van der Waals surface area contributed by atoms with Crippen LogP contribution in [0, 0.1) is 0 Å². The van der Waals surface area contributed by atoms with Gasteiger partial charge in [-0.25, -0.2) is 13.1 Å². The Bertz CT molecular complexity index is 1180. The summed E-state index contributed by atoms with van der Waals surface area (Å²) in [7, 11) is 0.279. The minimum absolute atomic E-state index is 0.0913. The van der Waals surface area contributed by atoms with Gasteiger partial charge in [-0.15, -0.1) is 0 Å². The summed E-state index contributed by atoms with van der Waals surface area (Å²) < 4.78 is 28.9. The maximum absolute atomic E-state index is 13.0. The minimum atomic E-state index is -3.74. The number of anilines is 2. The van der Waals surface area contributed by atoms with Crippen molar-refractivity contribution in [3.63, 3.8) is 0 Å². The second-order valence-corrected chi connectivity index (χ2v) is 10.8. The highest BCUT2D eigenvalue weighted by Crippen LogP contribution is 2.27. The second-order valence-electron chi connectivity index (χ2n) is 8.64. The van der Waals surface area contributed by atoms with Gasteiger partial charge in [0.1, 0.15) is 4.90 Å². The Hall–Kier alpha value is -2.58. The summed E-state index contributed by atoms with van der Waals surface area (Å²) >= 11 is 6.17. The van der Waals surface area contributed by atoms with Crippen molar-refractivity contribution in [3.8, 4) is 0 Å². The standard InChI is InChI=1S/C26H31ClN4O2S/c1-29(2)22-14-12-21(13-15-22)25(20-28-34(32,33)26-11-7-6-10-24(26)27)31-18-16-30(17-19-31)23-8-4-3-5-9-23/h3-15,25,28H,16-20H2,1-2H3. The molecule has 3 aromatic rings. The average Bonchev–Trinajstić information content (AvgIpc) is 2.85. The van der Waals surface area contributed by atoms with Crippen molar-refractivity contribution >= 4 is 33.0 Å². The molecule has 0 saturated carbocycles. The molecular weight excluding hydrogens is 468 g/mol. The fraction of sp³-hybridized carbons (Fsp3) is 0.308. The van der Waals surface area contributed by atoms with E-state index in [4.69, 9.17) is 11.6 Å². The molecule has 3 aromatic carbocycles. The number of halogens is 1. The van der Waals surface area contributed by atoms with E-state index >= 15 is 0 Å². The topological polar surface area (TPSA) is 55.9 Å². The first-order valence-corrected chi connectivity index (χ1v) is 13.3. The van der Waals surface area contributed by atoms with Crippen LogP contribution in [0.5, 0.6) is 0 Å². The van der Waals surface area contributed by atoms with Crippen molar-refractivity contribution < 1.29 is 8.42 Å². The molecule has 0 aliphatic carbocycles. The third kappa shape index (κ3) is 5.73. The Kier molecular flexibility index (Phi) is 7.78. The molecule has 1 aliphatic heterocycles. The molecule has 0 spiro atoms. The summed E-state index contributed by atoms with van der Waals surface area (Å²) in [5, 5.41) is 0.221. The normalized spacial score (nSPS) is 15.8. The lowest BCUT2D eigenvalue weighted by Crippen LogP contribution is -2.49. The smallest absolute Gasteiger partial charge is 0.242 e. The van der Waals surface area contributed by atoms with Crippen molar-refractivity contribution in [1.82, 2.24) is 9.62 Å². The van der Waals surface area contributed by atoms with Crippen molar-refractivity contribution in [2.75, 3.05) is 56.6 Å². The lowest BCUT2D eigenvalue weighted by molar-refractivity contribution is 0.187. The zero-order chi connectivity index (χ0) is 24.1. The summed E-state index contributed by atoms with van der Waals surface area (Å²) in [6.07, 6.45) is 0. The van der Waals surface area contributed by atoms with Crippen LogP contribution in [0.15, 0.2) is 83.8 Å². The van der Waals surface area contributed by atoms with Crippen LogP contribution in [-0.4, -0.2) is 60.1 Å². The molecule has 1 N–H and O–H groups in total. The summed E-state index contributed by atoms with van der Waals surface area (Å²) in [5.74, 6) is 0. The number of rotatable bonds is 8. The van der Waals surface area contributed by atoms with Gasteiger partial charge in [-0.1, -0.05) is 54.1 Å². The number of piperazine rings is 1. The van der Waals surface area contributed by atoms with Crippen LogP contribution in [0.1, 0.15) is 11.6 Å². The summed E-state index contributed by atoms with van der Waals surface area (Å²) in [6, 6.07) is 25.2. The van der Waals surface area contributed by atoms with E-state index in [1.54, 1.807) is 18.2 Å². The zero-order valence-electron chi connectivity index (χ0n) is 19.6. The number of nitrogens with one attached hydrogen (secondary N) is 1. The predicted molar refractivity (Wildman–Crippen MR) is 140 cm³/mol. The third-order valence-electron chi connectivity index (χ3n) is 6.26. The molecule has 1 atom stereocenters. The van der Waals surface area contributed by atoms with Gasteiger partial charge in [0.05, 0.1) is 5.02 Å². The molecule has 0 radical (unpaired) electrons. The van der Waals surface area contributed by atoms with E-state index in [-0.39, 0.29) is 22.5 Å². The molecule has 1 aliphatic rings. The molecule has 34 heavy (non-hydrogen) atoms. The van der Waals surface area contributed by atoms with E-state index in [0.717, 1.165) is 37.4 Å². The van der Waals surface area contributed by atoms with E-state index in [9.17, 15) is 8.42 Å². The van der Waals surface area contributed by atoms with Crippen LogP contribution in [0.3, 0.4) is 0 Å². The van der Waals surface area contributed by atoms with Crippen LogP contribution in [0.4, 0.5) is 11.4 Å². The van der Waals surface area contributed by atoms with Gasteiger partial charge in [-0.2, -0.15) is 0 Å². The Balaban J connectivity index is 1.53. The molecular formula is C26H31ClN4O2S. The molecule has 1 saturated heterocycles. The predicted octanol–water partition coefficient (Wildman–Crippen LogP) is 4.25. The zero-order valence-corrected chi connectivity index (χ0v) is 21.1. The first-order chi connectivity index (χ1) is 16.3. The number of sulfonamides is 1. The molecule has 1 fully saturated rings. The highest BCUT2D eigenvalue weighted by atomic mass is 35.5. The minimum Gasteiger partial charge on any atom is -0.378 e. The fourth-order valence-electron chi connectivity index (χ4n) is 4.31. The molecule has 1 unspecified atom stereocenters. The first kappa shape index (κ1) is 24.5. The number of benzene rings is 3. The largest absolute Gasteiger partial charge is 0.378 e. The summed E-state index contributed by atoms with van der Waals surface area (Å²) in [6.45, 7) is 3.70. The van der Waals surface area contributed by atoms with Gasteiger partial charge in [0.15, 0.2) is 0 Å². The van der Waals surface area contributed by atoms with E-state index < -0.39 is 10.0 Å². The Labute approximate surface area is 207 Å². The molecule has 4 rings (SSSR count). The molecule has 1 heterocycles. The molecule has 8 heteroatoms. The molecule has 0 bridgehead atoms. The highest BCUT2D eigenvalue weighted by Gasteiger charge is 2.27. The maximum Gasteiger partial charge on any atom is 0.242 e. The van der Waals surface area contributed by atoms with E-state index in [1.807, 2.05) is 20.2 Å². The molecule has 0 aromatic heterocycles. The second kappa shape index (κ2) is 10.8. The molecule has 180 valence electrons. The van der Waals surface area contributed by atoms with E-state index in [1.165, 1.54) is 11.8 Å². The van der Waals surface area contributed by atoms with Gasteiger partial charge in [0.2, 0.25) is 10.0 Å². The highest BCUT2D eigenvalue weighted by molar-refractivity contribution is 7.89. The van der Waals surface area contributed by atoms with Crippen LogP contribution < -0.4 is 14.5 Å². The van der Waals surface area contributed by atoms with Gasteiger partial charge < -0.3 is 9.80 Å². The van der Waals surface area contributed by atoms with E-state index in [2.05, 4.69) is 68.0 Å². The van der Waals surface area contributed by atoms with Gasteiger partial charge >= 0.3 is 0 Å². The lowest BCUT2D eigenvalue weighted by Gasteiger charge is -2.40. The van der Waals surface area contributed by atoms with Gasteiger partial charge in [-0.3, -0.25) is 4.90 Å². The summed E-state index contributed by atoms with van der Waals surface area (Å²) in [4.78, 5) is 6.89. The number of nitrogens with zero attached hydrogens (tertiary/aromatic N) is 3. The average molecular weight is 499 g/mol. The van der Waals surface area contributed by atoms with E-state index in [0.29, 0.717) is 0 Å². The lowest BCUT2D eigenvalue weighted by atomic mass is 10.0. The molecule has 6 nitrogen and oxygen atoms in total. The maximum atomic E-state index is 13.0. The first-order valence-electron chi connectivity index (χ1n) is 11.4. The van der Waals surface area contributed by atoms with Crippen LogP contribution in [0.25, 0.3) is 0 Å². The van der Waals surface area contributed by atoms with Crippen molar-refractivity contribution in [2.24, 2.45) is 0 Å². The van der Waals surface area contributed by atoms with Crippen molar-refractivity contribution in [3.05, 3.63) is 89.4 Å². The van der Waals surface area contributed by atoms with Crippen LogP contribution in [-0.2, 0) is 10.0 Å². The fourth-order valence-corrected chi connectivity index (χ4v) is 5.87. The third-order valence-corrected chi connectivity index (χ3v) is 8.19. The Morgan fingerprint density at radius 3 is 2.12 bits per heavy atom. The number of hydrogen-bond acceptors (Lipinski definition) is 5. The van der Waals surface area contributed by atoms with Gasteiger partial charge in [0.25, 0.3) is 0 Å². The molecule has 0 amide bonds. The van der Waals surface area contributed by atoms with Crippen molar-refractivity contribution in [1.29, 1.82) is 0 Å². The van der Waals surface area contributed by atoms with Crippen molar-refractivity contribution in [2.45, 2.75) is 10.9 Å². The van der Waals surface area contributed by atoms with Crippen LogP contribution >= 0.6 is 11.6 Å². The summed E-state index contributed by atoms with van der Waals surface area (Å²) in [5.41, 5.74) is 3.40. The monoisotopic (exact) mass is 498 g/mol. The number of para-hydroxylation sites is 1.